The molecule has 3 rings (SSSR count). The van der Waals surface area contributed by atoms with Crippen LogP contribution in [0.5, 0.6) is 0 Å². The summed E-state index contributed by atoms with van der Waals surface area (Å²) >= 11 is 0. The third kappa shape index (κ3) is 3.13. The average Bonchev–Trinajstić information content (AvgIpc) is 2.59. The Morgan fingerprint density at radius 3 is 2.91 bits per heavy atom. The van der Waals surface area contributed by atoms with Gasteiger partial charge in [0.25, 0.3) is 0 Å². The highest BCUT2D eigenvalue weighted by atomic mass is 32.2. The molecule has 1 N–H and O–H groups in total. The number of carbonyl (C=O) groups is 1. The molecule has 23 heavy (non-hydrogen) atoms. The van der Waals surface area contributed by atoms with Crippen molar-refractivity contribution in [3.8, 4) is 0 Å². The number of amides is 1. The van der Waals surface area contributed by atoms with Crippen LogP contribution < -0.4 is 5.32 Å². The second-order valence-electron chi connectivity index (χ2n) is 6.69. The van der Waals surface area contributed by atoms with E-state index in [1.165, 1.54) is 12.1 Å². The molecule has 0 radical (unpaired) electrons. The summed E-state index contributed by atoms with van der Waals surface area (Å²) in [6, 6.07) is 6.32. The van der Waals surface area contributed by atoms with Gasteiger partial charge in [-0.1, -0.05) is 25.0 Å². The molecule has 1 aromatic rings. The first-order valence-electron chi connectivity index (χ1n) is 8.16. The maximum absolute atomic E-state index is 13.5. The van der Waals surface area contributed by atoms with Crippen LogP contribution in [0.4, 0.5) is 4.39 Å². The van der Waals surface area contributed by atoms with Crippen molar-refractivity contribution in [2.75, 3.05) is 12.3 Å². The monoisotopic (exact) mass is 339 g/mol. The summed E-state index contributed by atoms with van der Waals surface area (Å²) < 4.78 is 38.3. The van der Waals surface area contributed by atoms with Crippen molar-refractivity contribution in [2.24, 2.45) is 5.92 Å². The van der Waals surface area contributed by atoms with Crippen molar-refractivity contribution in [3.05, 3.63) is 35.6 Å². The fourth-order valence-electron chi connectivity index (χ4n) is 4.13. The van der Waals surface area contributed by atoms with E-state index in [0.717, 1.165) is 24.8 Å². The van der Waals surface area contributed by atoms with Gasteiger partial charge in [0.05, 0.1) is 10.5 Å². The molecule has 2 unspecified atom stereocenters. The predicted molar refractivity (Wildman–Crippen MR) is 86.2 cm³/mol. The van der Waals surface area contributed by atoms with E-state index in [9.17, 15) is 17.6 Å². The van der Waals surface area contributed by atoms with Crippen LogP contribution >= 0.6 is 0 Å². The minimum Gasteiger partial charge on any atom is -0.355 e. The van der Waals surface area contributed by atoms with Crippen molar-refractivity contribution >= 4 is 15.7 Å². The van der Waals surface area contributed by atoms with Crippen molar-refractivity contribution in [1.29, 1.82) is 0 Å². The summed E-state index contributed by atoms with van der Waals surface area (Å²) in [5, 5.41) is 2.69. The summed E-state index contributed by atoms with van der Waals surface area (Å²) in [7, 11) is -3.37. The molecule has 2 fully saturated rings. The van der Waals surface area contributed by atoms with Gasteiger partial charge in [-0.15, -0.1) is 0 Å². The molecular weight excluding hydrogens is 317 g/mol. The van der Waals surface area contributed by atoms with Crippen molar-refractivity contribution in [3.63, 3.8) is 0 Å². The zero-order valence-corrected chi connectivity index (χ0v) is 13.9. The highest BCUT2D eigenvalue weighted by Crippen LogP contribution is 2.45. The summed E-state index contributed by atoms with van der Waals surface area (Å²) in [4.78, 5) is 12.1. The van der Waals surface area contributed by atoms with E-state index in [2.05, 4.69) is 5.32 Å². The molecular formula is C17H22FNO3S. The topological polar surface area (TPSA) is 63.2 Å². The van der Waals surface area contributed by atoms with Crippen molar-refractivity contribution in [1.82, 2.24) is 5.32 Å². The van der Waals surface area contributed by atoms with Crippen LogP contribution in [0.2, 0.25) is 0 Å². The second-order valence-corrected chi connectivity index (χ2v) is 9.14. The first-order chi connectivity index (χ1) is 10.9. The lowest BCUT2D eigenvalue weighted by molar-refractivity contribution is -0.121. The molecule has 2 atom stereocenters. The fraction of sp³-hybridized carbons (Fsp3) is 0.588. The average molecular weight is 339 g/mol. The smallest absolute Gasteiger partial charge is 0.221 e. The van der Waals surface area contributed by atoms with Crippen molar-refractivity contribution in [2.45, 2.75) is 43.3 Å². The van der Waals surface area contributed by atoms with Crippen LogP contribution in [0.3, 0.4) is 0 Å². The van der Waals surface area contributed by atoms with Crippen LogP contribution in [0, 0.1) is 11.7 Å². The standard InChI is InChI=1S/C17H22FNO3S/c18-15-6-3-4-13(11-15)10-14-5-1-2-7-17(14)12-16(20)19-8-9-23(17,21)22/h3-4,6,11,14H,1-2,5,7-10,12H2,(H,19,20). The third-order valence-electron chi connectivity index (χ3n) is 5.29. The number of hydrogen-bond donors (Lipinski definition) is 1. The van der Waals surface area contributed by atoms with E-state index < -0.39 is 14.6 Å². The first-order valence-corrected chi connectivity index (χ1v) is 9.82. The number of nitrogens with one attached hydrogen (secondary N) is 1. The Labute approximate surface area is 136 Å². The minimum absolute atomic E-state index is 0.00160. The number of rotatable bonds is 2. The molecule has 1 spiro atoms. The van der Waals surface area contributed by atoms with Gasteiger partial charge < -0.3 is 5.32 Å². The second kappa shape index (κ2) is 6.23. The molecule has 2 aliphatic rings. The van der Waals surface area contributed by atoms with Gasteiger partial charge in [-0.05, 0) is 42.9 Å². The number of sulfone groups is 1. The summed E-state index contributed by atoms with van der Waals surface area (Å²) in [5.74, 6) is -0.629. The van der Waals surface area contributed by atoms with Gasteiger partial charge in [-0.2, -0.15) is 0 Å². The zero-order chi connectivity index (χ0) is 16.5. The van der Waals surface area contributed by atoms with E-state index in [1.807, 2.05) is 6.07 Å². The molecule has 6 heteroatoms. The molecule has 1 heterocycles. The van der Waals surface area contributed by atoms with Crippen LogP contribution in [-0.4, -0.2) is 31.4 Å². The number of halogens is 1. The van der Waals surface area contributed by atoms with Crippen molar-refractivity contribution < 1.29 is 17.6 Å². The highest BCUT2D eigenvalue weighted by Gasteiger charge is 2.52. The normalized spacial score (nSPS) is 30.7. The van der Waals surface area contributed by atoms with E-state index in [4.69, 9.17) is 0 Å². The first kappa shape index (κ1) is 16.4. The van der Waals surface area contributed by atoms with E-state index in [-0.39, 0.29) is 36.4 Å². The highest BCUT2D eigenvalue weighted by molar-refractivity contribution is 7.92. The van der Waals surface area contributed by atoms with Crippen LogP contribution in [0.15, 0.2) is 24.3 Å². The molecule has 1 saturated carbocycles. The van der Waals surface area contributed by atoms with E-state index >= 15 is 0 Å². The zero-order valence-electron chi connectivity index (χ0n) is 13.1. The minimum atomic E-state index is -3.37. The quantitative estimate of drug-likeness (QED) is 0.899. The number of carbonyl (C=O) groups excluding carboxylic acids is 1. The van der Waals surface area contributed by atoms with Crippen LogP contribution in [-0.2, 0) is 21.1 Å². The Morgan fingerprint density at radius 1 is 1.30 bits per heavy atom. The van der Waals surface area contributed by atoms with Gasteiger partial charge in [0.15, 0.2) is 9.84 Å². The SMILES string of the molecule is O=C1CC2(CCCCC2Cc2cccc(F)c2)S(=O)(=O)CCN1. The Hall–Kier alpha value is -1.43. The van der Waals surface area contributed by atoms with Gasteiger partial charge in [0.1, 0.15) is 5.82 Å². The maximum atomic E-state index is 13.5. The number of benzene rings is 1. The molecule has 126 valence electrons. The Kier molecular flexibility index (Phi) is 4.45. The van der Waals surface area contributed by atoms with Gasteiger partial charge in [0.2, 0.25) is 5.91 Å². The molecule has 1 aliphatic heterocycles. The Bertz CT molecular complexity index is 704. The predicted octanol–water partition coefficient (Wildman–Crippen LogP) is 2.23. The summed E-state index contributed by atoms with van der Waals surface area (Å²) in [6.07, 6.45) is 3.62. The molecule has 4 nitrogen and oxygen atoms in total. The van der Waals surface area contributed by atoms with Gasteiger partial charge in [0, 0.05) is 13.0 Å². The van der Waals surface area contributed by atoms with Crippen LogP contribution in [0.25, 0.3) is 0 Å². The maximum Gasteiger partial charge on any atom is 0.221 e. The molecule has 1 aromatic carbocycles. The Morgan fingerprint density at radius 2 is 2.13 bits per heavy atom. The fourth-order valence-corrected chi connectivity index (χ4v) is 6.43. The lowest BCUT2D eigenvalue weighted by Gasteiger charge is -2.42. The summed E-state index contributed by atoms with van der Waals surface area (Å²) in [6.45, 7) is 0.190. The lowest BCUT2D eigenvalue weighted by Crippen LogP contribution is -2.50. The Balaban J connectivity index is 1.97. The lowest BCUT2D eigenvalue weighted by atomic mass is 9.73. The van der Waals surface area contributed by atoms with E-state index in [0.29, 0.717) is 12.8 Å². The molecule has 0 aromatic heterocycles. The molecule has 0 bridgehead atoms. The molecule has 1 saturated heterocycles. The largest absolute Gasteiger partial charge is 0.355 e. The van der Waals surface area contributed by atoms with Gasteiger partial charge >= 0.3 is 0 Å². The molecule has 1 aliphatic carbocycles. The van der Waals surface area contributed by atoms with E-state index in [1.54, 1.807) is 6.07 Å². The number of hydrogen-bond acceptors (Lipinski definition) is 3. The molecule has 1 amide bonds. The van der Waals surface area contributed by atoms with Crippen LogP contribution in [0.1, 0.15) is 37.7 Å². The summed E-state index contributed by atoms with van der Waals surface area (Å²) in [5.41, 5.74) is 0.802. The van der Waals surface area contributed by atoms with Gasteiger partial charge in [-0.3, -0.25) is 4.79 Å². The van der Waals surface area contributed by atoms with Gasteiger partial charge in [-0.25, -0.2) is 12.8 Å². The third-order valence-corrected chi connectivity index (χ3v) is 7.95.